The summed E-state index contributed by atoms with van der Waals surface area (Å²) in [6, 6.07) is 6.69. The summed E-state index contributed by atoms with van der Waals surface area (Å²) in [5.74, 6) is 0. The first-order chi connectivity index (χ1) is 9.08. The van der Waals surface area contributed by atoms with Crippen molar-refractivity contribution < 1.29 is 4.79 Å². The summed E-state index contributed by atoms with van der Waals surface area (Å²) in [5, 5.41) is 3.47. The van der Waals surface area contributed by atoms with Crippen LogP contribution in [0, 0.1) is 0 Å². The molecular formula is C13H16ClN3OS. The molecule has 1 atom stereocenters. The molecule has 0 aromatic heterocycles. The molecule has 0 radical (unpaired) electrons. The number of nitrogens with one attached hydrogen (secondary N) is 1. The molecule has 0 aliphatic carbocycles. The quantitative estimate of drug-likeness (QED) is 0.825. The molecule has 1 saturated heterocycles. The van der Waals surface area contributed by atoms with E-state index in [0.29, 0.717) is 22.2 Å². The van der Waals surface area contributed by atoms with Crippen LogP contribution >= 0.6 is 23.8 Å². The summed E-state index contributed by atoms with van der Waals surface area (Å²) < 4.78 is 0. The van der Waals surface area contributed by atoms with Crippen molar-refractivity contribution in [3.05, 3.63) is 29.3 Å². The standard InChI is InChI=1S/C13H16ClN3OS/c14-9-4-6-10(7-5-9)16-13(18)17-8-2-1-3-11(17)12(15)19/h4-7,11H,1-3,8H2,(H2,15,19)(H,16,18). The largest absolute Gasteiger partial charge is 0.392 e. The molecule has 1 fully saturated rings. The summed E-state index contributed by atoms with van der Waals surface area (Å²) in [6.45, 7) is 0.682. The van der Waals surface area contributed by atoms with Gasteiger partial charge in [-0.3, -0.25) is 0 Å². The van der Waals surface area contributed by atoms with Crippen molar-refractivity contribution in [3.8, 4) is 0 Å². The maximum absolute atomic E-state index is 12.2. The monoisotopic (exact) mass is 297 g/mol. The van der Waals surface area contributed by atoms with E-state index in [4.69, 9.17) is 29.6 Å². The van der Waals surface area contributed by atoms with Crippen LogP contribution in [-0.4, -0.2) is 28.5 Å². The predicted molar refractivity (Wildman–Crippen MR) is 81.6 cm³/mol. The van der Waals surface area contributed by atoms with Crippen molar-refractivity contribution >= 4 is 40.5 Å². The van der Waals surface area contributed by atoms with Crippen molar-refractivity contribution in [3.63, 3.8) is 0 Å². The second-order valence-corrected chi connectivity index (χ2v) is 5.45. The van der Waals surface area contributed by atoms with Crippen LogP contribution in [0.25, 0.3) is 0 Å². The molecule has 19 heavy (non-hydrogen) atoms. The average molecular weight is 298 g/mol. The highest BCUT2D eigenvalue weighted by atomic mass is 35.5. The number of nitrogens with two attached hydrogens (primary N) is 1. The Balaban J connectivity index is 2.05. The van der Waals surface area contributed by atoms with Gasteiger partial charge in [0.15, 0.2) is 0 Å². The lowest BCUT2D eigenvalue weighted by atomic mass is 10.0. The third-order valence-electron chi connectivity index (χ3n) is 3.19. The minimum Gasteiger partial charge on any atom is -0.392 e. The predicted octanol–water partition coefficient (Wildman–Crippen LogP) is 3.01. The number of rotatable bonds is 2. The molecule has 0 spiro atoms. The zero-order valence-corrected chi connectivity index (χ0v) is 12.0. The molecule has 102 valence electrons. The lowest BCUT2D eigenvalue weighted by Gasteiger charge is -2.34. The van der Waals surface area contributed by atoms with E-state index in [0.717, 1.165) is 19.3 Å². The fraction of sp³-hybridized carbons (Fsp3) is 0.385. The Labute approximate surface area is 122 Å². The van der Waals surface area contributed by atoms with Gasteiger partial charge in [-0.05, 0) is 43.5 Å². The molecule has 0 bridgehead atoms. The summed E-state index contributed by atoms with van der Waals surface area (Å²) in [6.07, 6.45) is 2.86. The maximum Gasteiger partial charge on any atom is 0.322 e. The Kier molecular flexibility index (Phi) is 4.61. The number of hydrogen-bond acceptors (Lipinski definition) is 2. The highest BCUT2D eigenvalue weighted by molar-refractivity contribution is 7.80. The number of carbonyl (C=O) groups excluding carboxylic acids is 1. The van der Waals surface area contributed by atoms with Gasteiger partial charge in [-0.1, -0.05) is 23.8 Å². The maximum atomic E-state index is 12.2. The number of piperidine rings is 1. The van der Waals surface area contributed by atoms with Gasteiger partial charge in [0.2, 0.25) is 0 Å². The molecule has 0 saturated carbocycles. The average Bonchev–Trinajstić information content (AvgIpc) is 2.41. The molecule has 1 heterocycles. The van der Waals surface area contributed by atoms with Gasteiger partial charge in [-0.25, -0.2) is 4.79 Å². The van der Waals surface area contributed by atoms with E-state index in [1.165, 1.54) is 0 Å². The number of amides is 2. The number of thiocarbonyl (C=S) groups is 1. The van der Waals surface area contributed by atoms with Gasteiger partial charge < -0.3 is 16.0 Å². The van der Waals surface area contributed by atoms with Crippen molar-refractivity contribution in [1.82, 2.24) is 4.90 Å². The van der Waals surface area contributed by atoms with E-state index in [1.807, 2.05) is 0 Å². The Hall–Kier alpha value is -1.33. The first-order valence-electron chi connectivity index (χ1n) is 6.20. The van der Waals surface area contributed by atoms with Crippen LogP contribution in [0.5, 0.6) is 0 Å². The van der Waals surface area contributed by atoms with E-state index in [1.54, 1.807) is 29.2 Å². The van der Waals surface area contributed by atoms with Gasteiger partial charge in [0.05, 0.1) is 11.0 Å². The number of hydrogen-bond donors (Lipinski definition) is 2. The summed E-state index contributed by atoms with van der Waals surface area (Å²) in [5.41, 5.74) is 6.41. The van der Waals surface area contributed by atoms with Gasteiger partial charge >= 0.3 is 6.03 Å². The van der Waals surface area contributed by atoms with E-state index >= 15 is 0 Å². The fourth-order valence-electron chi connectivity index (χ4n) is 2.20. The topological polar surface area (TPSA) is 58.4 Å². The first-order valence-corrected chi connectivity index (χ1v) is 6.99. The molecule has 1 aromatic rings. The van der Waals surface area contributed by atoms with Crippen molar-refractivity contribution in [2.75, 3.05) is 11.9 Å². The summed E-state index contributed by atoms with van der Waals surface area (Å²) in [4.78, 5) is 14.3. The second-order valence-electron chi connectivity index (χ2n) is 4.54. The Morgan fingerprint density at radius 1 is 1.37 bits per heavy atom. The zero-order chi connectivity index (χ0) is 13.8. The molecule has 3 N–H and O–H groups in total. The number of likely N-dealkylation sites (tertiary alicyclic amines) is 1. The van der Waals surface area contributed by atoms with E-state index in [9.17, 15) is 4.79 Å². The van der Waals surface area contributed by atoms with Gasteiger partial charge in [0, 0.05) is 17.3 Å². The number of anilines is 1. The van der Waals surface area contributed by atoms with Crippen LogP contribution < -0.4 is 11.1 Å². The lowest BCUT2D eigenvalue weighted by molar-refractivity contribution is 0.186. The van der Waals surface area contributed by atoms with E-state index in [2.05, 4.69) is 5.32 Å². The van der Waals surface area contributed by atoms with Gasteiger partial charge in [0.25, 0.3) is 0 Å². The fourth-order valence-corrected chi connectivity index (χ4v) is 2.57. The SMILES string of the molecule is NC(=S)C1CCCCN1C(=O)Nc1ccc(Cl)cc1. The molecule has 2 rings (SSSR count). The van der Waals surface area contributed by atoms with Crippen LogP contribution in [0.3, 0.4) is 0 Å². The van der Waals surface area contributed by atoms with E-state index in [-0.39, 0.29) is 12.1 Å². The van der Waals surface area contributed by atoms with Gasteiger partial charge in [0.1, 0.15) is 0 Å². The second kappa shape index (κ2) is 6.21. The Bertz CT molecular complexity index is 477. The number of carbonyl (C=O) groups is 1. The van der Waals surface area contributed by atoms with Crippen LogP contribution in [0.2, 0.25) is 5.02 Å². The summed E-state index contributed by atoms with van der Waals surface area (Å²) in [7, 11) is 0. The zero-order valence-electron chi connectivity index (χ0n) is 10.4. The van der Waals surface area contributed by atoms with Crippen molar-refractivity contribution in [2.45, 2.75) is 25.3 Å². The molecule has 1 unspecified atom stereocenters. The molecule has 6 heteroatoms. The van der Waals surface area contributed by atoms with Crippen LogP contribution in [0.4, 0.5) is 10.5 Å². The normalized spacial score (nSPS) is 19.0. The molecular weight excluding hydrogens is 282 g/mol. The number of urea groups is 1. The van der Waals surface area contributed by atoms with Crippen LogP contribution in [0.15, 0.2) is 24.3 Å². The molecule has 4 nitrogen and oxygen atoms in total. The lowest BCUT2D eigenvalue weighted by Crippen LogP contribution is -2.51. The highest BCUT2D eigenvalue weighted by Gasteiger charge is 2.28. The van der Waals surface area contributed by atoms with E-state index < -0.39 is 0 Å². The van der Waals surface area contributed by atoms with Crippen LogP contribution in [-0.2, 0) is 0 Å². The van der Waals surface area contributed by atoms with Crippen molar-refractivity contribution in [2.24, 2.45) is 5.73 Å². The minimum atomic E-state index is -0.167. The van der Waals surface area contributed by atoms with Gasteiger partial charge in [-0.15, -0.1) is 0 Å². The molecule has 1 aliphatic heterocycles. The van der Waals surface area contributed by atoms with Crippen molar-refractivity contribution in [1.29, 1.82) is 0 Å². The Morgan fingerprint density at radius 3 is 2.68 bits per heavy atom. The third-order valence-corrected chi connectivity index (χ3v) is 3.71. The third kappa shape index (κ3) is 3.58. The Morgan fingerprint density at radius 2 is 2.05 bits per heavy atom. The number of nitrogens with zero attached hydrogens (tertiary/aromatic N) is 1. The smallest absolute Gasteiger partial charge is 0.322 e. The number of benzene rings is 1. The summed E-state index contributed by atoms with van der Waals surface area (Å²) >= 11 is 10.8. The minimum absolute atomic E-state index is 0.143. The molecule has 1 aromatic carbocycles. The number of halogens is 1. The molecule has 2 amide bonds. The highest BCUT2D eigenvalue weighted by Crippen LogP contribution is 2.19. The van der Waals surface area contributed by atoms with Crippen LogP contribution in [0.1, 0.15) is 19.3 Å². The van der Waals surface area contributed by atoms with Gasteiger partial charge in [-0.2, -0.15) is 0 Å². The first kappa shape index (κ1) is 14.1. The molecule has 1 aliphatic rings.